The molecule has 4 N–H and O–H groups in total. The molecule has 0 unspecified atom stereocenters. The molecule has 4 aromatic rings. The molecule has 6 heteroatoms. The number of nitrogens with one attached hydrogen (secondary N) is 1. The zero-order valence-corrected chi connectivity index (χ0v) is 15.4. The SMILES string of the molecule is Nc1cccc2c(/C=c3\ccc4c(c3)N=NC=4/C=C/c3ccncc3)c(O)[nH]c12. The van der Waals surface area contributed by atoms with Gasteiger partial charge in [-0.15, -0.1) is 10.2 Å². The van der Waals surface area contributed by atoms with E-state index in [0.29, 0.717) is 11.3 Å². The Morgan fingerprint density at radius 3 is 2.69 bits per heavy atom. The number of anilines is 1. The molecule has 1 aliphatic rings. The lowest BCUT2D eigenvalue weighted by atomic mass is 10.1. The summed E-state index contributed by atoms with van der Waals surface area (Å²) >= 11 is 0. The minimum absolute atomic E-state index is 0.0903. The van der Waals surface area contributed by atoms with Crippen LogP contribution in [-0.4, -0.2) is 15.1 Å². The Balaban J connectivity index is 1.57. The van der Waals surface area contributed by atoms with Gasteiger partial charge in [-0.05, 0) is 53.3 Å². The Labute approximate surface area is 166 Å². The zero-order valence-electron chi connectivity index (χ0n) is 15.4. The number of aromatic nitrogens is 2. The number of benzene rings is 2. The lowest BCUT2D eigenvalue weighted by Crippen LogP contribution is -2.08. The average molecular weight is 379 g/mol. The van der Waals surface area contributed by atoms with Crippen molar-refractivity contribution in [1.82, 2.24) is 9.97 Å². The summed E-state index contributed by atoms with van der Waals surface area (Å²) in [6.45, 7) is 0. The second-order valence-corrected chi connectivity index (χ2v) is 6.78. The number of hydrogen-bond acceptors (Lipinski definition) is 5. The highest BCUT2D eigenvalue weighted by atomic mass is 16.3. The molecule has 0 radical (unpaired) electrons. The predicted octanol–water partition coefficient (Wildman–Crippen LogP) is 3.60. The van der Waals surface area contributed by atoms with Crippen LogP contribution in [0.25, 0.3) is 28.8 Å². The van der Waals surface area contributed by atoms with Crippen LogP contribution in [0.3, 0.4) is 0 Å². The molecule has 0 saturated heterocycles. The van der Waals surface area contributed by atoms with Gasteiger partial charge in [-0.1, -0.05) is 24.3 Å². The van der Waals surface area contributed by atoms with Crippen LogP contribution < -0.4 is 16.2 Å². The first-order chi connectivity index (χ1) is 14.2. The summed E-state index contributed by atoms with van der Waals surface area (Å²) in [5.74, 6) is 0.0903. The van der Waals surface area contributed by atoms with E-state index in [1.54, 1.807) is 18.5 Å². The summed E-state index contributed by atoms with van der Waals surface area (Å²) < 4.78 is 0. The van der Waals surface area contributed by atoms with Crippen molar-refractivity contribution in [3.05, 3.63) is 88.6 Å². The molecule has 6 nitrogen and oxygen atoms in total. The van der Waals surface area contributed by atoms with Gasteiger partial charge in [-0.25, -0.2) is 0 Å². The summed E-state index contributed by atoms with van der Waals surface area (Å²) in [6.07, 6.45) is 9.35. The highest BCUT2D eigenvalue weighted by molar-refractivity contribution is 5.98. The Kier molecular flexibility index (Phi) is 3.95. The van der Waals surface area contributed by atoms with E-state index in [1.807, 2.05) is 60.7 Å². The van der Waals surface area contributed by atoms with Gasteiger partial charge in [0.05, 0.1) is 22.6 Å². The Morgan fingerprint density at radius 2 is 1.83 bits per heavy atom. The minimum Gasteiger partial charge on any atom is -0.494 e. The first-order valence-corrected chi connectivity index (χ1v) is 9.14. The topological polar surface area (TPSA) is 99.7 Å². The van der Waals surface area contributed by atoms with Gasteiger partial charge in [-0.2, -0.15) is 0 Å². The summed E-state index contributed by atoms with van der Waals surface area (Å²) in [6, 6.07) is 15.4. The largest absolute Gasteiger partial charge is 0.494 e. The van der Waals surface area contributed by atoms with E-state index < -0.39 is 0 Å². The summed E-state index contributed by atoms with van der Waals surface area (Å²) in [5, 5.41) is 21.7. The summed E-state index contributed by atoms with van der Waals surface area (Å²) in [7, 11) is 0. The Hall–Kier alpha value is -4.19. The van der Waals surface area contributed by atoms with Gasteiger partial charge in [0.25, 0.3) is 0 Å². The van der Waals surface area contributed by atoms with Crippen LogP contribution in [0, 0.1) is 0 Å². The number of azo groups is 1. The smallest absolute Gasteiger partial charge is 0.196 e. The van der Waals surface area contributed by atoms with Crippen molar-refractivity contribution < 1.29 is 5.11 Å². The van der Waals surface area contributed by atoms with Gasteiger partial charge in [0.1, 0.15) is 0 Å². The molecule has 0 bridgehead atoms. The highest BCUT2D eigenvalue weighted by Gasteiger charge is 2.11. The molecule has 3 heterocycles. The first kappa shape index (κ1) is 16.9. The van der Waals surface area contributed by atoms with E-state index in [2.05, 4.69) is 20.2 Å². The third kappa shape index (κ3) is 3.06. The number of nitrogens with zero attached hydrogens (tertiary/aromatic N) is 3. The predicted molar refractivity (Wildman–Crippen MR) is 115 cm³/mol. The Morgan fingerprint density at radius 1 is 0.966 bits per heavy atom. The molecule has 140 valence electrons. The van der Waals surface area contributed by atoms with Gasteiger partial charge >= 0.3 is 0 Å². The molecular weight excluding hydrogens is 362 g/mol. The molecule has 2 aromatic heterocycles. The van der Waals surface area contributed by atoms with E-state index in [-0.39, 0.29) is 5.88 Å². The van der Waals surface area contributed by atoms with Crippen LogP contribution in [0.15, 0.2) is 77.2 Å². The second-order valence-electron chi connectivity index (χ2n) is 6.78. The fraction of sp³-hybridized carbons (Fsp3) is 0. The molecule has 0 saturated carbocycles. The van der Waals surface area contributed by atoms with Crippen LogP contribution >= 0.6 is 0 Å². The van der Waals surface area contributed by atoms with Crippen molar-refractivity contribution in [2.24, 2.45) is 10.2 Å². The number of nitrogen functional groups attached to an aromatic ring is 1. The number of aromatic amines is 1. The van der Waals surface area contributed by atoms with Crippen LogP contribution in [0.1, 0.15) is 11.1 Å². The van der Waals surface area contributed by atoms with Crippen molar-refractivity contribution in [1.29, 1.82) is 0 Å². The summed E-state index contributed by atoms with van der Waals surface area (Å²) in [4.78, 5) is 6.96. The number of hydrogen-bond donors (Lipinski definition) is 3. The maximum absolute atomic E-state index is 10.3. The monoisotopic (exact) mass is 379 g/mol. The number of aromatic hydroxyl groups is 1. The van der Waals surface area contributed by atoms with Crippen LogP contribution in [0.4, 0.5) is 11.4 Å². The molecule has 2 aromatic carbocycles. The lowest BCUT2D eigenvalue weighted by molar-refractivity contribution is 0.457. The molecule has 0 aliphatic carbocycles. The van der Waals surface area contributed by atoms with E-state index in [1.165, 1.54) is 0 Å². The number of H-pyrrole nitrogens is 1. The van der Waals surface area contributed by atoms with Crippen molar-refractivity contribution in [2.75, 3.05) is 5.73 Å². The van der Waals surface area contributed by atoms with Crippen molar-refractivity contribution >= 4 is 40.1 Å². The molecule has 0 amide bonds. The number of rotatable bonds is 3. The summed E-state index contributed by atoms with van der Waals surface area (Å²) in [5.41, 5.74) is 10.7. The maximum Gasteiger partial charge on any atom is 0.196 e. The molecule has 29 heavy (non-hydrogen) atoms. The fourth-order valence-electron chi connectivity index (χ4n) is 3.43. The number of para-hydroxylation sites is 1. The molecule has 0 fully saturated rings. The lowest BCUT2D eigenvalue weighted by Gasteiger charge is -1.96. The number of nitrogens with two attached hydrogens (primary N) is 1. The van der Waals surface area contributed by atoms with Gasteiger partial charge in [0, 0.05) is 28.6 Å². The molecule has 0 atom stereocenters. The fourth-order valence-corrected chi connectivity index (χ4v) is 3.43. The second kappa shape index (κ2) is 6.76. The normalized spacial score (nSPS) is 13.7. The average Bonchev–Trinajstić information content (AvgIpc) is 3.29. The van der Waals surface area contributed by atoms with Crippen molar-refractivity contribution in [2.45, 2.75) is 0 Å². The third-order valence-corrected chi connectivity index (χ3v) is 4.90. The van der Waals surface area contributed by atoms with Gasteiger partial charge in [-0.3, -0.25) is 4.98 Å². The number of pyridine rings is 1. The Bertz CT molecular complexity index is 1420. The van der Waals surface area contributed by atoms with E-state index in [9.17, 15) is 5.11 Å². The molecule has 0 spiro atoms. The molecule has 1 aliphatic heterocycles. The zero-order chi connectivity index (χ0) is 19.8. The van der Waals surface area contributed by atoms with Gasteiger partial charge in [0.2, 0.25) is 0 Å². The standard InChI is InChI=1S/C23H17N5O/c24-19-3-1-2-16-18(23(29)26-22(16)19)12-15-4-6-17-20(27-28-21(17)13-15)7-5-14-8-10-25-11-9-14/h1-13,26,29H,24H2/b7-5+,15-12+. The highest BCUT2D eigenvalue weighted by Crippen LogP contribution is 2.31. The van der Waals surface area contributed by atoms with Crippen LogP contribution in [0.5, 0.6) is 5.88 Å². The van der Waals surface area contributed by atoms with Gasteiger partial charge in [0.15, 0.2) is 5.88 Å². The van der Waals surface area contributed by atoms with E-state index in [0.717, 1.165) is 38.3 Å². The first-order valence-electron chi connectivity index (χ1n) is 9.14. The van der Waals surface area contributed by atoms with Crippen LogP contribution in [0.2, 0.25) is 0 Å². The number of fused-ring (bicyclic) bond motifs is 2. The third-order valence-electron chi connectivity index (χ3n) is 4.90. The van der Waals surface area contributed by atoms with E-state index >= 15 is 0 Å². The molecule has 5 rings (SSSR count). The minimum atomic E-state index is 0.0903. The van der Waals surface area contributed by atoms with Gasteiger partial charge < -0.3 is 15.8 Å². The van der Waals surface area contributed by atoms with Crippen LogP contribution in [-0.2, 0) is 0 Å². The van der Waals surface area contributed by atoms with Crippen molar-refractivity contribution in [3.63, 3.8) is 0 Å². The van der Waals surface area contributed by atoms with Crippen molar-refractivity contribution in [3.8, 4) is 5.88 Å². The molecular formula is C23H17N5O. The quantitative estimate of drug-likeness (QED) is 0.474. The maximum atomic E-state index is 10.3. The van der Waals surface area contributed by atoms with E-state index in [4.69, 9.17) is 5.73 Å².